The van der Waals surface area contributed by atoms with E-state index in [9.17, 15) is 18.9 Å². The molecule has 1 aromatic rings. The van der Waals surface area contributed by atoms with E-state index in [4.69, 9.17) is 0 Å². The first-order valence-corrected chi connectivity index (χ1v) is 5.19. The first-order chi connectivity index (χ1) is 7.51. The SMILES string of the molecule is COc1nc(CBr)c([N+](=O)[O-])cc1C(F)F. The lowest BCUT2D eigenvalue weighted by molar-refractivity contribution is -0.385. The Kier molecular flexibility index (Phi) is 4.11. The molecule has 1 heterocycles. The van der Waals surface area contributed by atoms with Crippen LogP contribution in [0.5, 0.6) is 5.88 Å². The first-order valence-electron chi connectivity index (χ1n) is 4.07. The van der Waals surface area contributed by atoms with Gasteiger partial charge in [0.25, 0.3) is 12.1 Å². The van der Waals surface area contributed by atoms with Crippen molar-refractivity contribution in [3.05, 3.63) is 27.4 Å². The highest BCUT2D eigenvalue weighted by Crippen LogP contribution is 2.32. The van der Waals surface area contributed by atoms with Crippen molar-refractivity contribution in [2.24, 2.45) is 0 Å². The van der Waals surface area contributed by atoms with Crippen molar-refractivity contribution in [1.29, 1.82) is 0 Å². The third-order valence-electron chi connectivity index (χ3n) is 1.82. The number of halogens is 3. The van der Waals surface area contributed by atoms with Crippen molar-refractivity contribution < 1.29 is 18.4 Å². The van der Waals surface area contributed by atoms with E-state index < -0.39 is 22.6 Å². The first kappa shape index (κ1) is 12.8. The largest absolute Gasteiger partial charge is 0.481 e. The van der Waals surface area contributed by atoms with E-state index in [-0.39, 0.29) is 16.9 Å². The summed E-state index contributed by atoms with van der Waals surface area (Å²) in [7, 11) is 1.18. The number of rotatable bonds is 4. The molecule has 0 fully saturated rings. The minimum atomic E-state index is -2.87. The molecule has 0 amide bonds. The summed E-state index contributed by atoms with van der Waals surface area (Å²) < 4.78 is 29.7. The van der Waals surface area contributed by atoms with Gasteiger partial charge in [0.05, 0.1) is 22.9 Å². The van der Waals surface area contributed by atoms with Gasteiger partial charge >= 0.3 is 0 Å². The maximum atomic E-state index is 12.5. The lowest BCUT2D eigenvalue weighted by Crippen LogP contribution is -2.03. The molecule has 0 aromatic carbocycles. The molecule has 0 unspecified atom stereocenters. The Morgan fingerprint density at radius 1 is 1.69 bits per heavy atom. The van der Waals surface area contributed by atoms with Crippen LogP contribution >= 0.6 is 15.9 Å². The lowest BCUT2D eigenvalue weighted by atomic mass is 10.2. The molecule has 0 atom stereocenters. The second kappa shape index (κ2) is 5.15. The van der Waals surface area contributed by atoms with Gasteiger partial charge in [-0.2, -0.15) is 0 Å². The van der Waals surface area contributed by atoms with Crippen LogP contribution in [0, 0.1) is 10.1 Å². The number of alkyl halides is 3. The van der Waals surface area contributed by atoms with Crippen molar-refractivity contribution in [3.8, 4) is 5.88 Å². The van der Waals surface area contributed by atoms with Crippen molar-refractivity contribution >= 4 is 21.6 Å². The van der Waals surface area contributed by atoms with E-state index in [0.717, 1.165) is 6.07 Å². The van der Waals surface area contributed by atoms with Crippen LogP contribution in [0.1, 0.15) is 17.7 Å². The van der Waals surface area contributed by atoms with Crippen LogP contribution in [0.3, 0.4) is 0 Å². The van der Waals surface area contributed by atoms with Crippen molar-refractivity contribution in [2.75, 3.05) is 7.11 Å². The molecule has 8 heteroatoms. The molecule has 88 valence electrons. The second-order valence-corrected chi connectivity index (χ2v) is 3.30. The Morgan fingerprint density at radius 3 is 2.69 bits per heavy atom. The van der Waals surface area contributed by atoms with Crippen LogP contribution in [0.25, 0.3) is 0 Å². The molecule has 1 aromatic heterocycles. The minimum absolute atomic E-state index is 0.0475. The highest BCUT2D eigenvalue weighted by molar-refractivity contribution is 9.08. The summed E-state index contributed by atoms with van der Waals surface area (Å²) in [5, 5.41) is 10.7. The van der Waals surface area contributed by atoms with E-state index in [1.54, 1.807) is 0 Å². The Hall–Kier alpha value is -1.31. The summed E-state index contributed by atoms with van der Waals surface area (Å²) >= 11 is 2.99. The quantitative estimate of drug-likeness (QED) is 0.487. The highest BCUT2D eigenvalue weighted by atomic mass is 79.9. The molecule has 0 aliphatic carbocycles. The maximum Gasteiger partial charge on any atom is 0.292 e. The number of hydrogen-bond donors (Lipinski definition) is 0. The van der Waals surface area contributed by atoms with Crippen LogP contribution in [0.2, 0.25) is 0 Å². The smallest absolute Gasteiger partial charge is 0.292 e. The molecule has 0 aliphatic rings. The third-order valence-corrected chi connectivity index (χ3v) is 2.35. The van der Waals surface area contributed by atoms with Gasteiger partial charge in [-0.15, -0.1) is 0 Å². The molecule has 16 heavy (non-hydrogen) atoms. The molecule has 1 rings (SSSR count). The van der Waals surface area contributed by atoms with Gasteiger partial charge in [0, 0.05) is 6.07 Å². The fourth-order valence-corrected chi connectivity index (χ4v) is 1.53. The second-order valence-electron chi connectivity index (χ2n) is 2.74. The zero-order valence-electron chi connectivity index (χ0n) is 8.11. The van der Waals surface area contributed by atoms with Crippen LogP contribution in [0.15, 0.2) is 6.07 Å². The van der Waals surface area contributed by atoms with Crippen molar-refractivity contribution in [2.45, 2.75) is 11.8 Å². The summed E-state index contributed by atoms with van der Waals surface area (Å²) in [6, 6.07) is 0.785. The van der Waals surface area contributed by atoms with E-state index in [1.165, 1.54) is 7.11 Å². The van der Waals surface area contributed by atoms with Crippen LogP contribution in [-0.2, 0) is 5.33 Å². The summed E-state index contributed by atoms with van der Waals surface area (Å²) in [5.41, 5.74) is -0.988. The van der Waals surface area contributed by atoms with Crippen LogP contribution in [-0.4, -0.2) is 17.0 Å². The van der Waals surface area contributed by atoms with E-state index in [1.807, 2.05) is 0 Å². The molecular formula is C8H7BrF2N2O3. The fraction of sp³-hybridized carbons (Fsp3) is 0.375. The van der Waals surface area contributed by atoms with Gasteiger partial charge in [-0.3, -0.25) is 10.1 Å². The number of aromatic nitrogens is 1. The normalized spacial score (nSPS) is 10.6. The number of pyridine rings is 1. The van der Waals surface area contributed by atoms with Crippen LogP contribution < -0.4 is 4.74 Å². The molecule has 5 nitrogen and oxygen atoms in total. The van der Waals surface area contributed by atoms with Gasteiger partial charge in [0.2, 0.25) is 5.88 Å². The van der Waals surface area contributed by atoms with E-state index in [0.29, 0.717) is 0 Å². The van der Waals surface area contributed by atoms with E-state index in [2.05, 4.69) is 25.7 Å². The highest BCUT2D eigenvalue weighted by Gasteiger charge is 2.24. The number of methoxy groups -OCH3 is 1. The Balaban J connectivity index is 3.40. The summed E-state index contributed by atoms with van der Waals surface area (Å²) in [5.74, 6) is -0.296. The van der Waals surface area contributed by atoms with Crippen LogP contribution in [0.4, 0.5) is 14.5 Å². The lowest BCUT2D eigenvalue weighted by Gasteiger charge is -2.08. The molecule has 0 radical (unpaired) electrons. The van der Waals surface area contributed by atoms with Crippen molar-refractivity contribution in [3.63, 3.8) is 0 Å². The number of ether oxygens (including phenoxy) is 1. The summed E-state index contributed by atoms with van der Waals surface area (Å²) in [6.45, 7) is 0. The molecule has 0 aliphatic heterocycles. The Bertz CT molecular complexity index is 415. The Morgan fingerprint density at radius 2 is 2.31 bits per heavy atom. The number of nitro groups is 1. The Labute approximate surface area is 97.7 Å². The molecule has 0 spiro atoms. The van der Waals surface area contributed by atoms with Gasteiger partial charge in [0.15, 0.2) is 0 Å². The maximum absolute atomic E-state index is 12.5. The average molecular weight is 297 g/mol. The molecule has 0 bridgehead atoms. The van der Waals surface area contributed by atoms with Gasteiger partial charge in [-0.25, -0.2) is 13.8 Å². The predicted molar refractivity (Wildman–Crippen MR) is 55.0 cm³/mol. The summed E-state index contributed by atoms with van der Waals surface area (Å²) in [4.78, 5) is 13.5. The zero-order valence-corrected chi connectivity index (χ0v) is 9.70. The van der Waals surface area contributed by atoms with E-state index >= 15 is 0 Å². The van der Waals surface area contributed by atoms with Gasteiger partial charge in [-0.1, -0.05) is 15.9 Å². The number of hydrogen-bond acceptors (Lipinski definition) is 4. The molecule has 0 saturated carbocycles. The van der Waals surface area contributed by atoms with Gasteiger partial charge in [-0.05, 0) is 0 Å². The zero-order chi connectivity index (χ0) is 12.3. The van der Waals surface area contributed by atoms with Crippen molar-refractivity contribution in [1.82, 2.24) is 4.98 Å². The standard InChI is InChI=1S/C8H7BrF2N2O3/c1-16-8-4(7(10)11)2-6(13(14)15)5(3-9)12-8/h2,7H,3H2,1H3. The van der Waals surface area contributed by atoms with Gasteiger partial charge in [0.1, 0.15) is 5.69 Å². The molecule has 0 N–H and O–H groups in total. The summed E-state index contributed by atoms with van der Waals surface area (Å²) in [6.07, 6.45) is -2.87. The predicted octanol–water partition coefficient (Wildman–Crippen LogP) is 2.83. The number of nitrogens with zero attached hydrogens (tertiary/aromatic N) is 2. The molecular weight excluding hydrogens is 290 g/mol. The minimum Gasteiger partial charge on any atom is -0.481 e. The monoisotopic (exact) mass is 296 g/mol. The topological polar surface area (TPSA) is 65.3 Å². The van der Waals surface area contributed by atoms with Gasteiger partial charge < -0.3 is 4.74 Å². The average Bonchev–Trinajstić information content (AvgIpc) is 2.26. The molecule has 0 saturated heterocycles. The fourth-order valence-electron chi connectivity index (χ4n) is 1.11. The third kappa shape index (κ3) is 2.43.